The van der Waals surface area contributed by atoms with Crippen LogP contribution < -0.4 is 18.9 Å². The Hall–Kier alpha value is -2.91. The van der Waals surface area contributed by atoms with E-state index in [0.717, 1.165) is 42.9 Å². The lowest BCUT2D eigenvalue weighted by atomic mass is 9.70. The molecule has 194 valence electrons. The van der Waals surface area contributed by atoms with Crippen molar-refractivity contribution in [3.05, 3.63) is 47.5 Å². The van der Waals surface area contributed by atoms with Crippen molar-refractivity contribution < 1.29 is 18.9 Å². The zero-order chi connectivity index (χ0) is 26.4. The third kappa shape index (κ3) is 8.36. The average Bonchev–Trinajstić information content (AvgIpc) is 2.86. The molecule has 0 heterocycles. The molecule has 1 unspecified atom stereocenters. The molecule has 0 aliphatic rings. The highest BCUT2D eigenvalue weighted by Crippen LogP contribution is 2.40. The summed E-state index contributed by atoms with van der Waals surface area (Å²) in [6.07, 6.45) is 2.84. The van der Waals surface area contributed by atoms with Crippen LogP contribution in [-0.4, -0.2) is 53.5 Å². The molecular formula is C29H44N2O4. The second-order valence-electron chi connectivity index (χ2n) is 9.03. The molecule has 2 rings (SSSR count). The average molecular weight is 485 g/mol. The fourth-order valence-electron chi connectivity index (χ4n) is 4.02. The van der Waals surface area contributed by atoms with Gasteiger partial charge in [0.15, 0.2) is 23.0 Å². The van der Waals surface area contributed by atoms with Crippen molar-refractivity contribution >= 4 is 0 Å². The van der Waals surface area contributed by atoms with Gasteiger partial charge in [-0.15, -0.1) is 0 Å². The van der Waals surface area contributed by atoms with Gasteiger partial charge in [-0.25, -0.2) is 0 Å². The van der Waals surface area contributed by atoms with Gasteiger partial charge in [0, 0.05) is 6.54 Å². The highest BCUT2D eigenvalue weighted by Gasteiger charge is 2.35. The smallest absolute Gasteiger partial charge is 0.161 e. The lowest BCUT2D eigenvalue weighted by molar-refractivity contribution is 0.310. The first-order chi connectivity index (χ1) is 16.7. The second-order valence-corrected chi connectivity index (χ2v) is 9.03. The number of rotatable bonds is 12. The van der Waals surface area contributed by atoms with Crippen LogP contribution in [0.15, 0.2) is 36.4 Å². The summed E-state index contributed by atoms with van der Waals surface area (Å²) in [6.45, 7) is 9.96. The van der Waals surface area contributed by atoms with Crippen LogP contribution >= 0.6 is 0 Å². The Bertz CT molecular complexity index is 937. The van der Waals surface area contributed by atoms with E-state index in [1.54, 1.807) is 21.3 Å². The quantitative estimate of drug-likeness (QED) is 0.362. The number of nitrogens with zero attached hydrogens (tertiary/aromatic N) is 2. The fourth-order valence-corrected chi connectivity index (χ4v) is 4.02. The molecule has 0 saturated carbocycles. The lowest BCUT2D eigenvalue weighted by Gasteiger charge is -2.31. The van der Waals surface area contributed by atoms with E-state index < -0.39 is 5.41 Å². The molecule has 0 radical (unpaired) electrons. The SMILES string of the molecule is CCCC(C#N)(c1ccc(OC)c(OC)c1)C(C)C.CCOc1ccc(CCN(C)C)cc1OC. The van der Waals surface area contributed by atoms with Gasteiger partial charge in [-0.2, -0.15) is 5.26 Å². The van der Waals surface area contributed by atoms with E-state index in [1.165, 1.54) is 5.56 Å². The van der Waals surface area contributed by atoms with E-state index >= 15 is 0 Å². The van der Waals surface area contributed by atoms with Crippen LogP contribution in [-0.2, 0) is 11.8 Å². The maximum absolute atomic E-state index is 9.70. The Kier molecular flexibility index (Phi) is 13.0. The normalized spacial score (nSPS) is 12.3. The number of methoxy groups -OCH3 is 3. The molecule has 0 amide bonds. The minimum absolute atomic E-state index is 0.246. The van der Waals surface area contributed by atoms with E-state index in [2.05, 4.69) is 58.0 Å². The summed E-state index contributed by atoms with van der Waals surface area (Å²) in [6, 6.07) is 14.4. The van der Waals surface area contributed by atoms with Crippen LogP contribution in [0, 0.1) is 17.2 Å². The third-order valence-electron chi connectivity index (χ3n) is 6.10. The summed E-state index contributed by atoms with van der Waals surface area (Å²) in [5.41, 5.74) is 1.81. The molecule has 0 N–H and O–H groups in total. The third-order valence-corrected chi connectivity index (χ3v) is 6.10. The van der Waals surface area contributed by atoms with E-state index in [9.17, 15) is 5.26 Å². The molecule has 0 saturated heterocycles. The first-order valence-electron chi connectivity index (χ1n) is 12.3. The topological polar surface area (TPSA) is 64.0 Å². The minimum atomic E-state index is -0.464. The number of likely N-dealkylation sites (N-methyl/N-ethyl adjacent to an activating group) is 1. The standard InChI is InChI=1S/C16H23NO2.C13H21NO2/c1-6-9-16(11-17,12(2)3)13-7-8-14(18-4)15(10-13)19-5;1-5-16-12-7-6-11(8-9-14(2)3)10-13(12)15-4/h7-8,10,12H,6,9H2,1-5H3;6-7,10H,5,8-9H2,1-4H3. The van der Waals surface area contributed by atoms with Gasteiger partial charge in [0.2, 0.25) is 0 Å². The lowest BCUT2D eigenvalue weighted by Crippen LogP contribution is -2.30. The van der Waals surface area contributed by atoms with E-state index in [4.69, 9.17) is 18.9 Å². The zero-order valence-electron chi connectivity index (χ0n) is 23.1. The van der Waals surface area contributed by atoms with Gasteiger partial charge >= 0.3 is 0 Å². The molecule has 0 aromatic heterocycles. The Balaban J connectivity index is 0.000000355. The molecule has 0 fully saturated rings. The summed E-state index contributed by atoms with van der Waals surface area (Å²) in [7, 11) is 9.06. The van der Waals surface area contributed by atoms with Crippen LogP contribution in [0.1, 0.15) is 51.7 Å². The molecule has 0 aliphatic heterocycles. The monoisotopic (exact) mass is 484 g/mol. The van der Waals surface area contributed by atoms with Crippen LogP contribution in [0.5, 0.6) is 23.0 Å². The largest absolute Gasteiger partial charge is 0.493 e. The number of benzene rings is 2. The zero-order valence-corrected chi connectivity index (χ0v) is 23.1. The number of ether oxygens (including phenoxy) is 4. The van der Waals surface area contributed by atoms with Gasteiger partial charge in [0.1, 0.15) is 0 Å². The van der Waals surface area contributed by atoms with Crippen molar-refractivity contribution in [2.45, 2.75) is 52.4 Å². The summed E-state index contributed by atoms with van der Waals surface area (Å²) >= 11 is 0. The van der Waals surface area contributed by atoms with E-state index in [1.807, 2.05) is 31.2 Å². The Morgan fingerprint density at radius 3 is 1.97 bits per heavy atom. The van der Waals surface area contributed by atoms with Crippen molar-refractivity contribution in [1.82, 2.24) is 4.90 Å². The highest BCUT2D eigenvalue weighted by atomic mass is 16.5. The summed E-state index contributed by atoms with van der Waals surface area (Å²) in [4.78, 5) is 2.17. The predicted octanol–water partition coefficient (Wildman–Crippen LogP) is 6.12. The fraction of sp³-hybridized carbons (Fsp3) is 0.552. The van der Waals surface area contributed by atoms with Crippen LogP contribution in [0.2, 0.25) is 0 Å². The summed E-state index contributed by atoms with van der Waals surface area (Å²) < 4.78 is 21.4. The molecule has 6 heteroatoms. The van der Waals surface area contributed by atoms with Gasteiger partial charge in [-0.3, -0.25) is 0 Å². The van der Waals surface area contributed by atoms with Gasteiger partial charge < -0.3 is 23.8 Å². The van der Waals surface area contributed by atoms with Crippen LogP contribution in [0.3, 0.4) is 0 Å². The summed E-state index contributed by atoms with van der Waals surface area (Å²) in [5, 5.41) is 9.70. The van der Waals surface area contributed by atoms with E-state index in [0.29, 0.717) is 18.1 Å². The van der Waals surface area contributed by atoms with Crippen molar-refractivity contribution in [3.8, 4) is 29.1 Å². The number of hydrogen-bond donors (Lipinski definition) is 0. The maximum atomic E-state index is 9.70. The number of hydrogen-bond acceptors (Lipinski definition) is 6. The summed E-state index contributed by atoms with van der Waals surface area (Å²) in [5.74, 6) is 3.25. The number of nitriles is 1. The highest BCUT2D eigenvalue weighted by molar-refractivity contribution is 5.47. The van der Waals surface area contributed by atoms with E-state index in [-0.39, 0.29) is 5.92 Å². The molecule has 2 aromatic carbocycles. The molecule has 35 heavy (non-hydrogen) atoms. The van der Waals surface area contributed by atoms with Gasteiger partial charge in [0.05, 0.1) is 39.4 Å². The Labute approximate surface area is 212 Å². The Morgan fingerprint density at radius 2 is 1.49 bits per heavy atom. The molecule has 2 aromatic rings. The van der Waals surface area contributed by atoms with Crippen molar-refractivity contribution in [1.29, 1.82) is 5.26 Å². The second kappa shape index (κ2) is 15.2. The van der Waals surface area contributed by atoms with Crippen molar-refractivity contribution in [3.63, 3.8) is 0 Å². The van der Waals surface area contributed by atoms with Crippen LogP contribution in [0.4, 0.5) is 0 Å². The van der Waals surface area contributed by atoms with Gasteiger partial charge in [0.25, 0.3) is 0 Å². The molecular weight excluding hydrogens is 440 g/mol. The first-order valence-corrected chi connectivity index (χ1v) is 12.3. The molecule has 1 atom stereocenters. The predicted molar refractivity (Wildman–Crippen MR) is 143 cm³/mol. The van der Waals surface area contributed by atoms with Crippen LogP contribution in [0.25, 0.3) is 0 Å². The Morgan fingerprint density at radius 1 is 0.886 bits per heavy atom. The molecule has 0 bridgehead atoms. The van der Waals surface area contributed by atoms with Crippen molar-refractivity contribution in [2.75, 3.05) is 48.6 Å². The maximum Gasteiger partial charge on any atom is 0.161 e. The van der Waals surface area contributed by atoms with Gasteiger partial charge in [-0.05, 0) is 75.2 Å². The minimum Gasteiger partial charge on any atom is -0.493 e. The molecule has 6 nitrogen and oxygen atoms in total. The molecule has 0 spiro atoms. The first kappa shape index (κ1) is 30.1. The van der Waals surface area contributed by atoms with Crippen molar-refractivity contribution in [2.24, 2.45) is 5.92 Å². The molecule has 0 aliphatic carbocycles. The van der Waals surface area contributed by atoms with Gasteiger partial charge in [-0.1, -0.05) is 39.3 Å².